The third kappa shape index (κ3) is 2.49. The van der Waals surface area contributed by atoms with Crippen LogP contribution in [0, 0.1) is 6.92 Å². The van der Waals surface area contributed by atoms with Crippen molar-refractivity contribution in [1.82, 2.24) is 4.37 Å². The fourth-order valence-corrected chi connectivity index (χ4v) is 1.85. The van der Waals surface area contributed by atoms with E-state index in [-0.39, 0.29) is 0 Å². The molecule has 0 saturated heterocycles. The monoisotopic (exact) mass is 201 g/mol. The van der Waals surface area contributed by atoms with Crippen LogP contribution in [0.3, 0.4) is 0 Å². The summed E-state index contributed by atoms with van der Waals surface area (Å²) in [6.07, 6.45) is 1.99. The van der Waals surface area contributed by atoms with Crippen molar-refractivity contribution in [2.24, 2.45) is 4.99 Å². The molecule has 1 heterocycles. The highest BCUT2D eigenvalue weighted by Gasteiger charge is 1.99. The molecule has 0 aliphatic heterocycles. The van der Waals surface area contributed by atoms with Gasteiger partial charge in [-0.05, 0) is 30.8 Å². The van der Waals surface area contributed by atoms with Crippen LogP contribution in [-0.2, 0) is 0 Å². The largest absolute Gasteiger partial charge is 0.325 e. The number of aryl methyl sites for hydroxylation is 1. The van der Waals surface area contributed by atoms with E-state index in [9.17, 15) is 0 Å². The predicted octanol–water partition coefficient (Wildman–Crippen LogP) is 2.21. The number of aliphatic imine (C=N–C) groups is 1. The van der Waals surface area contributed by atoms with E-state index in [0.717, 1.165) is 15.9 Å². The second kappa shape index (κ2) is 4.47. The molecule has 0 aliphatic rings. The van der Waals surface area contributed by atoms with Gasteiger partial charge in [-0.3, -0.25) is 4.99 Å². The van der Waals surface area contributed by atoms with Gasteiger partial charge in [0.05, 0.1) is 5.69 Å². The number of nitrogens with zero attached hydrogens (tertiary/aromatic N) is 2. The standard InChI is InChI=1S/C7H11N3S2/c1-5-4-6(12-10-5)9-7(8-2)11-3/h4H,1-3H3,(H,8,9). The Morgan fingerprint density at radius 3 is 2.92 bits per heavy atom. The molecule has 0 aliphatic carbocycles. The molecule has 0 atom stereocenters. The summed E-state index contributed by atoms with van der Waals surface area (Å²) in [7, 11) is 1.77. The molecule has 0 aromatic carbocycles. The molecule has 1 aromatic heterocycles. The van der Waals surface area contributed by atoms with E-state index in [4.69, 9.17) is 0 Å². The second-order valence-electron chi connectivity index (χ2n) is 2.19. The minimum absolute atomic E-state index is 0.915. The van der Waals surface area contributed by atoms with Crippen molar-refractivity contribution >= 4 is 33.5 Å². The fourth-order valence-electron chi connectivity index (χ4n) is 0.726. The lowest BCUT2D eigenvalue weighted by atomic mass is 10.5. The summed E-state index contributed by atoms with van der Waals surface area (Å²) in [6, 6.07) is 2.01. The molecule has 1 N–H and O–H groups in total. The van der Waals surface area contributed by atoms with E-state index >= 15 is 0 Å². The first-order valence-electron chi connectivity index (χ1n) is 3.47. The minimum atomic E-state index is 0.915. The molecular weight excluding hydrogens is 190 g/mol. The van der Waals surface area contributed by atoms with Gasteiger partial charge in [-0.15, -0.1) is 0 Å². The lowest BCUT2D eigenvalue weighted by Gasteiger charge is -2.01. The summed E-state index contributed by atoms with van der Waals surface area (Å²) in [4.78, 5) is 4.06. The van der Waals surface area contributed by atoms with Crippen LogP contribution in [-0.4, -0.2) is 22.8 Å². The molecule has 12 heavy (non-hydrogen) atoms. The Kier molecular flexibility index (Phi) is 3.55. The third-order valence-electron chi connectivity index (χ3n) is 1.25. The topological polar surface area (TPSA) is 37.3 Å². The van der Waals surface area contributed by atoms with Gasteiger partial charge in [0, 0.05) is 7.05 Å². The van der Waals surface area contributed by atoms with Crippen molar-refractivity contribution in [2.75, 3.05) is 18.6 Å². The number of anilines is 1. The molecule has 0 spiro atoms. The van der Waals surface area contributed by atoms with E-state index in [1.807, 2.05) is 19.2 Å². The maximum atomic E-state index is 4.15. The Labute approximate surface area is 80.5 Å². The number of rotatable bonds is 1. The minimum Gasteiger partial charge on any atom is -0.325 e. The van der Waals surface area contributed by atoms with Gasteiger partial charge in [0.15, 0.2) is 5.17 Å². The van der Waals surface area contributed by atoms with Crippen LogP contribution in [0.25, 0.3) is 0 Å². The highest BCUT2D eigenvalue weighted by atomic mass is 32.2. The van der Waals surface area contributed by atoms with Gasteiger partial charge in [-0.25, -0.2) is 0 Å². The lowest BCUT2D eigenvalue weighted by molar-refractivity contribution is 1.35. The Balaban J connectivity index is 2.63. The van der Waals surface area contributed by atoms with Crippen molar-refractivity contribution in [1.29, 1.82) is 0 Å². The Bertz CT molecular complexity index is 280. The van der Waals surface area contributed by atoms with Crippen molar-refractivity contribution in [3.63, 3.8) is 0 Å². The zero-order valence-corrected chi connectivity index (χ0v) is 8.92. The van der Waals surface area contributed by atoms with Gasteiger partial charge in [0.1, 0.15) is 5.00 Å². The van der Waals surface area contributed by atoms with Gasteiger partial charge in [0.2, 0.25) is 0 Å². The first-order valence-corrected chi connectivity index (χ1v) is 5.47. The lowest BCUT2D eigenvalue weighted by Crippen LogP contribution is -2.04. The molecule has 0 fully saturated rings. The second-order valence-corrected chi connectivity index (χ2v) is 3.79. The van der Waals surface area contributed by atoms with Crippen molar-refractivity contribution in [3.05, 3.63) is 11.8 Å². The maximum Gasteiger partial charge on any atom is 0.161 e. The summed E-state index contributed by atoms with van der Waals surface area (Å²) >= 11 is 3.05. The molecule has 0 saturated carbocycles. The molecule has 5 heteroatoms. The van der Waals surface area contributed by atoms with Gasteiger partial charge in [-0.1, -0.05) is 11.8 Å². The highest BCUT2D eigenvalue weighted by molar-refractivity contribution is 8.13. The number of nitrogens with one attached hydrogen (secondary N) is 1. The molecule has 1 aromatic rings. The summed E-state index contributed by atoms with van der Waals surface area (Å²) in [5.41, 5.74) is 1.04. The van der Waals surface area contributed by atoms with Crippen LogP contribution in [0.15, 0.2) is 11.1 Å². The van der Waals surface area contributed by atoms with Crippen LogP contribution < -0.4 is 5.32 Å². The summed E-state index contributed by atoms with van der Waals surface area (Å²) in [5.74, 6) is 0. The zero-order chi connectivity index (χ0) is 8.97. The smallest absolute Gasteiger partial charge is 0.161 e. The van der Waals surface area contributed by atoms with Crippen molar-refractivity contribution < 1.29 is 0 Å². The number of aromatic nitrogens is 1. The van der Waals surface area contributed by atoms with Crippen LogP contribution in [0.2, 0.25) is 0 Å². The number of hydrogen-bond donors (Lipinski definition) is 1. The van der Waals surface area contributed by atoms with Crippen LogP contribution >= 0.6 is 23.3 Å². The summed E-state index contributed by atoms with van der Waals surface area (Å²) in [5, 5.41) is 5.13. The fraction of sp³-hybridized carbons (Fsp3) is 0.429. The van der Waals surface area contributed by atoms with Crippen LogP contribution in [0.4, 0.5) is 5.00 Å². The average Bonchev–Trinajstić information content (AvgIpc) is 2.47. The molecule has 66 valence electrons. The van der Waals surface area contributed by atoms with Gasteiger partial charge in [0.25, 0.3) is 0 Å². The molecule has 0 amide bonds. The van der Waals surface area contributed by atoms with Crippen molar-refractivity contribution in [2.45, 2.75) is 6.92 Å². The quantitative estimate of drug-likeness (QED) is 0.559. The normalized spacial score (nSPS) is 11.8. The molecular formula is C7H11N3S2. The number of amidine groups is 1. The molecule has 3 nitrogen and oxygen atoms in total. The van der Waals surface area contributed by atoms with Gasteiger partial charge in [-0.2, -0.15) is 4.37 Å². The van der Waals surface area contributed by atoms with Gasteiger partial charge < -0.3 is 5.32 Å². The van der Waals surface area contributed by atoms with E-state index in [1.54, 1.807) is 18.8 Å². The first-order chi connectivity index (χ1) is 5.76. The Hall–Kier alpha value is -0.550. The average molecular weight is 201 g/mol. The SMILES string of the molecule is CN=C(Nc1cc(C)ns1)SC. The summed E-state index contributed by atoms with van der Waals surface area (Å²) in [6.45, 7) is 1.98. The number of hydrogen-bond acceptors (Lipinski definition) is 4. The number of thioether (sulfide) groups is 1. The highest BCUT2D eigenvalue weighted by Crippen LogP contribution is 2.16. The molecule has 0 unspecified atom stereocenters. The van der Waals surface area contributed by atoms with Crippen molar-refractivity contribution in [3.8, 4) is 0 Å². The molecule has 0 bridgehead atoms. The predicted molar refractivity (Wildman–Crippen MR) is 57.3 cm³/mol. The first kappa shape index (κ1) is 9.54. The third-order valence-corrected chi connectivity index (χ3v) is 2.72. The van der Waals surface area contributed by atoms with E-state index in [1.165, 1.54) is 11.5 Å². The Morgan fingerprint density at radius 2 is 2.50 bits per heavy atom. The van der Waals surface area contributed by atoms with E-state index < -0.39 is 0 Å². The van der Waals surface area contributed by atoms with Gasteiger partial charge >= 0.3 is 0 Å². The van der Waals surface area contributed by atoms with E-state index in [0.29, 0.717) is 0 Å². The Morgan fingerprint density at radius 1 is 1.75 bits per heavy atom. The molecule has 1 rings (SSSR count). The summed E-state index contributed by atoms with van der Waals surface area (Å²) < 4.78 is 4.15. The molecule has 0 radical (unpaired) electrons. The van der Waals surface area contributed by atoms with Crippen LogP contribution in [0.1, 0.15) is 5.69 Å². The van der Waals surface area contributed by atoms with E-state index in [2.05, 4.69) is 14.7 Å². The maximum absolute atomic E-state index is 4.15. The van der Waals surface area contributed by atoms with Crippen LogP contribution in [0.5, 0.6) is 0 Å². The zero-order valence-electron chi connectivity index (χ0n) is 7.29.